The molecule has 13 heteroatoms. The number of benzene rings is 2. The van der Waals surface area contributed by atoms with Crippen LogP contribution in [0.2, 0.25) is 0 Å². The highest BCUT2D eigenvalue weighted by atomic mass is 32.2. The molecule has 39 heavy (non-hydrogen) atoms. The molecular weight excluding hydrogens is 573 g/mol. The predicted octanol–water partition coefficient (Wildman–Crippen LogP) is 3.96. The van der Waals surface area contributed by atoms with Crippen LogP contribution in [0.15, 0.2) is 82.6 Å². The Morgan fingerprint density at radius 1 is 1.00 bits per heavy atom. The highest BCUT2D eigenvalue weighted by Gasteiger charge is 2.51. The maximum absolute atomic E-state index is 13.5. The van der Waals surface area contributed by atoms with E-state index in [4.69, 9.17) is 12.2 Å². The summed E-state index contributed by atoms with van der Waals surface area (Å²) in [6, 6.07) is 11.9. The first-order chi connectivity index (χ1) is 18.1. The van der Waals surface area contributed by atoms with Gasteiger partial charge in [0.05, 0.1) is 21.6 Å². The van der Waals surface area contributed by atoms with Crippen LogP contribution < -0.4 is 4.90 Å². The van der Waals surface area contributed by atoms with Crippen molar-refractivity contribution < 1.29 is 35.1 Å². The topological polar surface area (TPSA) is 95.0 Å². The van der Waals surface area contributed by atoms with Gasteiger partial charge in [0.1, 0.15) is 0 Å². The quantitative estimate of drug-likeness (QED) is 0.481. The molecule has 0 aromatic heterocycles. The lowest BCUT2D eigenvalue weighted by Crippen LogP contribution is -2.57. The zero-order chi connectivity index (χ0) is 28.6. The van der Waals surface area contributed by atoms with Crippen LogP contribution in [0, 0.1) is 0 Å². The van der Waals surface area contributed by atoms with Crippen molar-refractivity contribution in [1.29, 1.82) is 0 Å². The smallest absolute Gasteiger partial charge is 0.376 e. The molecule has 1 unspecified atom stereocenters. The van der Waals surface area contributed by atoms with Crippen molar-refractivity contribution in [2.75, 3.05) is 30.3 Å². The number of hydrogen-bond acceptors (Lipinski definition) is 7. The van der Waals surface area contributed by atoms with E-state index in [0.717, 1.165) is 12.1 Å². The third-order valence-electron chi connectivity index (χ3n) is 6.85. The zero-order valence-corrected chi connectivity index (χ0v) is 23.3. The van der Waals surface area contributed by atoms with E-state index in [2.05, 4.69) is 0 Å². The lowest BCUT2D eigenvalue weighted by atomic mass is 9.95. The van der Waals surface area contributed by atoms with E-state index in [0.29, 0.717) is 19.0 Å². The number of piperazine rings is 1. The van der Waals surface area contributed by atoms with Crippen molar-refractivity contribution in [3.05, 3.63) is 83.3 Å². The largest absolute Gasteiger partial charge is 0.421 e. The van der Waals surface area contributed by atoms with Gasteiger partial charge in [0.15, 0.2) is 15.4 Å². The first kappa shape index (κ1) is 29.4. The molecule has 7 nitrogen and oxygen atoms in total. The molecule has 0 radical (unpaired) electrons. The average molecular weight is 601 g/mol. The van der Waals surface area contributed by atoms with Gasteiger partial charge < -0.3 is 10.0 Å². The Labute approximate surface area is 231 Å². The summed E-state index contributed by atoms with van der Waals surface area (Å²) < 4.78 is 94.6. The number of alkyl halides is 3. The Balaban J connectivity index is 1.68. The molecular formula is C26H27F3N2O5S3. The van der Waals surface area contributed by atoms with Crippen LogP contribution >= 0.6 is 12.2 Å². The summed E-state index contributed by atoms with van der Waals surface area (Å²) >= 11 is 5.26. The molecule has 0 spiro atoms. The average Bonchev–Trinajstić information content (AvgIpc) is 2.88. The monoisotopic (exact) mass is 600 g/mol. The molecule has 2 aromatic rings. The number of nitrogens with zero attached hydrogens (tertiary/aromatic N) is 2. The zero-order valence-electron chi connectivity index (χ0n) is 20.9. The molecule has 1 heterocycles. The molecule has 2 atom stereocenters. The second kappa shape index (κ2) is 10.8. The van der Waals surface area contributed by atoms with Crippen molar-refractivity contribution in [1.82, 2.24) is 4.31 Å². The van der Waals surface area contributed by atoms with Gasteiger partial charge in [-0.25, -0.2) is 16.8 Å². The molecule has 2 aromatic carbocycles. The summed E-state index contributed by atoms with van der Waals surface area (Å²) in [6.45, 7) is 0.565. The third kappa shape index (κ3) is 5.97. The molecule has 1 saturated heterocycles. The van der Waals surface area contributed by atoms with Crippen LogP contribution in [-0.4, -0.2) is 68.7 Å². The van der Waals surface area contributed by atoms with Crippen LogP contribution in [0.1, 0.15) is 18.9 Å². The minimum Gasteiger partial charge on any atom is -0.376 e. The third-order valence-corrected chi connectivity index (χ3v) is 11.1. The summed E-state index contributed by atoms with van der Waals surface area (Å²) in [7, 11) is -7.87. The second-order valence-corrected chi connectivity index (χ2v) is 13.9. The van der Waals surface area contributed by atoms with Gasteiger partial charge in [-0.05, 0) is 42.8 Å². The fourth-order valence-corrected chi connectivity index (χ4v) is 8.17. The molecule has 2 aliphatic rings. The van der Waals surface area contributed by atoms with Gasteiger partial charge in [-0.1, -0.05) is 54.7 Å². The number of anilines is 1. The number of sulfone groups is 1. The van der Waals surface area contributed by atoms with Crippen LogP contribution in [0.5, 0.6) is 0 Å². The highest BCUT2D eigenvalue weighted by molar-refractivity contribution is 7.96. The molecule has 1 fully saturated rings. The van der Waals surface area contributed by atoms with Gasteiger partial charge in [-0.15, -0.1) is 0 Å². The molecule has 4 rings (SSSR count). The Hall–Kier alpha value is -2.58. The Morgan fingerprint density at radius 2 is 1.64 bits per heavy atom. The van der Waals surface area contributed by atoms with Gasteiger partial charge in [0.2, 0.25) is 10.0 Å². The lowest BCUT2D eigenvalue weighted by Gasteiger charge is -2.42. The minimum absolute atomic E-state index is 0.00292. The highest BCUT2D eigenvalue weighted by Crippen LogP contribution is 2.39. The number of hydrogen-bond donors (Lipinski definition) is 1. The van der Waals surface area contributed by atoms with E-state index in [9.17, 15) is 35.1 Å². The van der Waals surface area contributed by atoms with Gasteiger partial charge in [-0.3, -0.25) is 0 Å². The summed E-state index contributed by atoms with van der Waals surface area (Å²) in [5.41, 5.74) is -3.05. The standard InChI is InChI=1S/C26H27F3N2O5S3/c1-25(32,26(27,28)29)19-11-13-20(14-12-19)31-16-15-30(39(35,36)24-10-6-5-9-23(24)37)17-21(31)18-38(33,34)22-7-3-2-4-8-22/h2-8,10-14,21,32H,9,15-18H2,1H3/t21-,25?/m1/s1. The fourth-order valence-electron chi connectivity index (χ4n) is 4.54. The van der Waals surface area contributed by atoms with Crippen molar-refractivity contribution in [2.24, 2.45) is 0 Å². The first-order valence-corrected chi connectivity index (χ1v) is 15.5. The maximum atomic E-state index is 13.5. The van der Waals surface area contributed by atoms with Crippen LogP contribution in [-0.2, 0) is 25.5 Å². The van der Waals surface area contributed by atoms with Gasteiger partial charge in [0, 0.05) is 36.6 Å². The van der Waals surface area contributed by atoms with E-state index in [1.165, 1.54) is 34.6 Å². The number of sulfonamides is 1. The second-order valence-electron chi connectivity index (χ2n) is 9.51. The van der Waals surface area contributed by atoms with Gasteiger partial charge in [0.25, 0.3) is 0 Å². The molecule has 1 N–H and O–H groups in total. The molecule has 0 saturated carbocycles. The minimum atomic E-state index is -4.90. The SMILES string of the molecule is CC(O)(c1ccc(N2CCN(S(=O)(=O)C3=CC=CCC3=S)C[C@@H]2CS(=O)(=O)c2ccccc2)cc1)C(F)(F)F. The normalized spacial score (nSPS) is 20.9. The number of halogens is 3. The number of allylic oxidation sites excluding steroid dienone is 4. The summed E-state index contributed by atoms with van der Waals surface area (Å²) in [6.07, 6.45) is 0.182. The Kier molecular flexibility index (Phi) is 8.12. The van der Waals surface area contributed by atoms with E-state index in [-0.39, 0.29) is 39.9 Å². The van der Waals surface area contributed by atoms with Crippen molar-refractivity contribution in [3.63, 3.8) is 0 Å². The number of aliphatic hydroxyl groups is 1. The van der Waals surface area contributed by atoms with E-state index in [1.807, 2.05) is 0 Å². The fraction of sp³-hybridized carbons (Fsp3) is 0.346. The van der Waals surface area contributed by atoms with Crippen LogP contribution in [0.4, 0.5) is 18.9 Å². The summed E-state index contributed by atoms with van der Waals surface area (Å²) in [5, 5.41) is 10.0. The Bertz CT molecular complexity index is 1500. The maximum Gasteiger partial charge on any atom is 0.421 e. The molecule has 1 aliphatic heterocycles. The molecule has 1 aliphatic carbocycles. The lowest BCUT2D eigenvalue weighted by molar-refractivity contribution is -0.258. The first-order valence-electron chi connectivity index (χ1n) is 12.0. The van der Waals surface area contributed by atoms with Crippen molar-refractivity contribution in [2.45, 2.75) is 36.1 Å². The predicted molar refractivity (Wildman–Crippen MR) is 147 cm³/mol. The van der Waals surface area contributed by atoms with Crippen molar-refractivity contribution >= 4 is 42.6 Å². The number of rotatable bonds is 7. The van der Waals surface area contributed by atoms with E-state index in [1.54, 1.807) is 35.3 Å². The molecule has 210 valence electrons. The van der Waals surface area contributed by atoms with Crippen LogP contribution in [0.25, 0.3) is 0 Å². The van der Waals surface area contributed by atoms with E-state index < -0.39 is 43.4 Å². The van der Waals surface area contributed by atoms with Crippen molar-refractivity contribution in [3.8, 4) is 0 Å². The molecule has 0 amide bonds. The van der Waals surface area contributed by atoms with Gasteiger partial charge >= 0.3 is 6.18 Å². The van der Waals surface area contributed by atoms with Crippen LogP contribution in [0.3, 0.4) is 0 Å². The molecule has 0 bridgehead atoms. The number of thiocarbonyl (C=S) groups is 1. The summed E-state index contributed by atoms with van der Waals surface area (Å²) in [5.74, 6) is -0.436. The Morgan fingerprint density at radius 3 is 2.23 bits per heavy atom. The summed E-state index contributed by atoms with van der Waals surface area (Å²) in [4.78, 5) is 2.01. The van der Waals surface area contributed by atoms with Gasteiger partial charge in [-0.2, -0.15) is 17.5 Å². The van der Waals surface area contributed by atoms with E-state index >= 15 is 0 Å².